The Hall–Kier alpha value is -3.49. The van der Waals surface area contributed by atoms with Crippen LogP contribution < -0.4 is 15.5 Å². The molecular weight excluding hydrogens is 418 g/mol. The Morgan fingerprint density at radius 3 is 2.66 bits per heavy atom. The van der Waals surface area contributed by atoms with Crippen molar-refractivity contribution in [3.05, 3.63) is 71.4 Å². The molecule has 160 valence electrons. The average Bonchev–Trinajstić information content (AvgIpc) is 3.47. The van der Waals surface area contributed by atoms with E-state index in [2.05, 4.69) is 70.1 Å². The highest BCUT2D eigenvalue weighted by Crippen LogP contribution is 2.31. The van der Waals surface area contributed by atoms with E-state index in [0.29, 0.717) is 0 Å². The van der Waals surface area contributed by atoms with Crippen molar-refractivity contribution in [1.82, 2.24) is 24.8 Å². The Morgan fingerprint density at radius 1 is 0.938 bits per heavy atom. The molecule has 0 unspecified atom stereocenters. The third-order valence-corrected chi connectivity index (χ3v) is 6.69. The fourth-order valence-electron chi connectivity index (χ4n) is 4.34. The van der Waals surface area contributed by atoms with E-state index in [0.717, 1.165) is 66.5 Å². The highest BCUT2D eigenvalue weighted by Gasteiger charge is 2.14. The Bertz CT molecular complexity index is 1350. The van der Waals surface area contributed by atoms with Gasteiger partial charge in [-0.1, -0.05) is 0 Å². The van der Waals surface area contributed by atoms with Gasteiger partial charge in [-0.3, -0.25) is 4.98 Å². The summed E-state index contributed by atoms with van der Waals surface area (Å²) in [6.45, 7) is 4.85. The molecule has 0 spiro atoms. The van der Waals surface area contributed by atoms with Crippen molar-refractivity contribution in [3.8, 4) is 0 Å². The first-order valence-electron chi connectivity index (χ1n) is 10.8. The number of pyridine rings is 3. The standard InChI is InChI=1S/C24H23N7S/c1-2-23(27-12-18(1)30-8-6-25-7-9-30)29-24-11-21-20(13-28-24)19-3-5-26-14-22(19)31(21)15-17-4-10-32-16-17/h1-5,10-14,16,25H,6-9,15H2,(H,27,28,29). The molecule has 5 aromatic rings. The summed E-state index contributed by atoms with van der Waals surface area (Å²) in [6.07, 6.45) is 7.66. The second-order valence-corrected chi connectivity index (χ2v) is 8.74. The second-order valence-electron chi connectivity index (χ2n) is 7.96. The number of rotatable bonds is 5. The molecule has 0 aromatic carbocycles. The fourth-order valence-corrected chi connectivity index (χ4v) is 5.00. The number of anilines is 3. The quantitative estimate of drug-likeness (QED) is 0.425. The molecule has 0 radical (unpaired) electrons. The van der Waals surface area contributed by atoms with Crippen LogP contribution >= 0.6 is 11.3 Å². The van der Waals surface area contributed by atoms with Crippen molar-refractivity contribution in [2.75, 3.05) is 36.4 Å². The SMILES string of the molecule is c1cc2c3cnc(Nc4ccc(N5CCNCC5)cn4)cc3n(Cc3ccsc3)c2cn1. The number of nitrogens with zero attached hydrogens (tertiary/aromatic N) is 5. The number of nitrogens with one attached hydrogen (secondary N) is 2. The molecule has 1 aliphatic rings. The van der Waals surface area contributed by atoms with E-state index in [1.54, 1.807) is 11.3 Å². The summed E-state index contributed by atoms with van der Waals surface area (Å²) in [5.74, 6) is 1.57. The minimum Gasteiger partial charge on any atom is -0.368 e. The first-order valence-corrected chi connectivity index (χ1v) is 11.7. The van der Waals surface area contributed by atoms with Crippen LogP contribution in [0, 0.1) is 0 Å². The van der Waals surface area contributed by atoms with Crippen LogP contribution in [0.15, 0.2) is 65.9 Å². The molecule has 7 nitrogen and oxygen atoms in total. The number of aromatic nitrogens is 4. The van der Waals surface area contributed by atoms with Crippen LogP contribution in [0.25, 0.3) is 21.8 Å². The van der Waals surface area contributed by atoms with E-state index in [9.17, 15) is 0 Å². The van der Waals surface area contributed by atoms with E-state index in [4.69, 9.17) is 0 Å². The highest BCUT2D eigenvalue weighted by molar-refractivity contribution is 7.07. The maximum Gasteiger partial charge on any atom is 0.133 e. The molecule has 6 heterocycles. The Labute approximate surface area is 189 Å². The van der Waals surface area contributed by atoms with Gasteiger partial charge in [-0.05, 0) is 40.6 Å². The lowest BCUT2D eigenvalue weighted by Crippen LogP contribution is -2.43. The fraction of sp³-hybridized carbons (Fsp3) is 0.208. The number of fused-ring (bicyclic) bond motifs is 3. The van der Waals surface area contributed by atoms with E-state index >= 15 is 0 Å². The van der Waals surface area contributed by atoms with E-state index in [-0.39, 0.29) is 0 Å². The summed E-state index contributed by atoms with van der Waals surface area (Å²) in [4.78, 5) is 16.0. The molecule has 1 aliphatic heterocycles. The molecule has 2 N–H and O–H groups in total. The minimum atomic E-state index is 0.780. The van der Waals surface area contributed by atoms with Crippen LogP contribution in [-0.4, -0.2) is 45.7 Å². The van der Waals surface area contributed by atoms with E-state index < -0.39 is 0 Å². The van der Waals surface area contributed by atoms with Crippen LogP contribution in [0.1, 0.15) is 5.56 Å². The lowest BCUT2D eigenvalue weighted by Gasteiger charge is -2.29. The van der Waals surface area contributed by atoms with Crippen LogP contribution in [0.5, 0.6) is 0 Å². The van der Waals surface area contributed by atoms with Crippen LogP contribution in [0.4, 0.5) is 17.3 Å². The van der Waals surface area contributed by atoms with Gasteiger partial charge in [0.15, 0.2) is 0 Å². The summed E-state index contributed by atoms with van der Waals surface area (Å²) < 4.78 is 2.31. The topological polar surface area (TPSA) is 70.9 Å². The van der Waals surface area contributed by atoms with Crippen molar-refractivity contribution in [3.63, 3.8) is 0 Å². The lowest BCUT2D eigenvalue weighted by atomic mass is 10.2. The summed E-state index contributed by atoms with van der Waals surface area (Å²) in [5.41, 5.74) is 4.69. The summed E-state index contributed by atoms with van der Waals surface area (Å²) in [6, 6.07) is 10.5. The zero-order chi connectivity index (χ0) is 21.3. The Balaban J connectivity index is 1.33. The maximum absolute atomic E-state index is 4.67. The molecular formula is C24H23N7S. The van der Waals surface area contributed by atoms with E-state index in [1.165, 1.54) is 10.9 Å². The second kappa shape index (κ2) is 8.22. The molecule has 1 fully saturated rings. The summed E-state index contributed by atoms with van der Waals surface area (Å²) >= 11 is 1.72. The van der Waals surface area contributed by atoms with Crippen molar-refractivity contribution >= 4 is 50.5 Å². The lowest BCUT2D eigenvalue weighted by molar-refractivity contribution is 0.589. The van der Waals surface area contributed by atoms with Gasteiger partial charge in [-0.2, -0.15) is 11.3 Å². The van der Waals surface area contributed by atoms with Crippen molar-refractivity contribution < 1.29 is 0 Å². The smallest absolute Gasteiger partial charge is 0.133 e. The zero-order valence-corrected chi connectivity index (χ0v) is 18.3. The monoisotopic (exact) mass is 441 g/mol. The first-order chi connectivity index (χ1) is 15.8. The molecule has 0 atom stereocenters. The van der Waals surface area contributed by atoms with Gasteiger partial charge in [0.05, 0.1) is 29.1 Å². The molecule has 0 bridgehead atoms. The third kappa shape index (κ3) is 3.57. The van der Waals surface area contributed by atoms with Gasteiger partial charge in [0.2, 0.25) is 0 Å². The third-order valence-electron chi connectivity index (χ3n) is 5.96. The van der Waals surface area contributed by atoms with Crippen LogP contribution in [0.2, 0.25) is 0 Å². The average molecular weight is 442 g/mol. The predicted molar refractivity (Wildman–Crippen MR) is 131 cm³/mol. The maximum atomic E-state index is 4.67. The predicted octanol–water partition coefficient (Wildman–Crippen LogP) is 4.24. The molecule has 32 heavy (non-hydrogen) atoms. The summed E-state index contributed by atoms with van der Waals surface area (Å²) in [5, 5.41) is 13.4. The molecule has 8 heteroatoms. The molecule has 6 rings (SSSR count). The molecule has 5 aromatic heterocycles. The van der Waals surface area contributed by atoms with Crippen LogP contribution in [-0.2, 0) is 6.54 Å². The highest BCUT2D eigenvalue weighted by atomic mass is 32.1. The Morgan fingerprint density at radius 2 is 1.84 bits per heavy atom. The van der Waals surface area contributed by atoms with Gasteiger partial charge in [-0.25, -0.2) is 9.97 Å². The van der Waals surface area contributed by atoms with Gasteiger partial charge in [0, 0.05) is 62.0 Å². The number of thiophene rings is 1. The first kappa shape index (κ1) is 19.2. The van der Waals surface area contributed by atoms with Crippen molar-refractivity contribution in [2.45, 2.75) is 6.54 Å². The molecule has 0 saturated carbocycles. The zero-order valence-electron chi connectivity index (χ0n) is 17.5. The largest absolute Gasteiger partial charge is 0.368 e. The van der Waals surface area contributed by atoms with Gasteiger partial charge in [-0.15, -0.1) is 0 Å². The minimum absolute atomic E-state index is 0.780. The van der Waals surface area contributed by atoms with Crippen molar-refractivity contribution in [2.24, 2.45) is 0 Å². The van der Waals surface area contributed by atoms with Gasteiger partial charge < -0.3 is 20.1 Å². The Kier molecular flexibility index (Phi) is 4.93. The van der Waals surface area contributed by atoms with Gasteiger partial charge in [0.1, 0.15) is 11.6 Å². The van der Waals surface area contributed by atoms with Gasteiger partial charge >= 0.3 is 0 Å². The normalized spacial score (nSPS) is 14.3. The number of piperazine rings is 1. The molecule has 0 amide bonds. The van der Waals surface area contributed by atoms with Gasteiger partial charge in [0.25, 0.3) is 0 Å². The summed E-state index contributed by atoms with van der Waals surface area (Å²) in [7, 11) is 0. The molecule has 0 aliphatic carbocycles. The van der Waals surface area contributed by atoms with E-state index in [1.807, 2.05) is 30.9 Å². The molecule has 1 saturated heterocycles. The van der Waals surface area contributed by atoms with Crippen LogP contribution in [0.3, 0.4) is 0 Å². The number of hydrogen-bond acceptors (Lipinski definition) is 7. The van der Waals surface area contributed by atoms with Crippen molar-refractivity contribution in [1.29, 1.82) is 0 Å². The number of hydrogen-bond donors (Lipinski definition) is 2.